The molecular formula is C15H18FNO3. The van der Waals surface area contributed by atoms with Gasteiger partial charge in [0.1, 0.15) is 5.82 Å². The van der Waals surface area contributed by atoms with Gasteiger partial charge in [-0.05, 0) is 18.9 Å². The van der Waals surface area contributed by atoms with E-state index in [9.17, 15) is 14.0 Å². The van der Waals surface area contributed by atoms with Gasteiger partial charge in [-0.15, -0.1) is 0 Å². The quantitative estimate of drug-likeness (QED) is 0.857. The zero-order chi connectivity index (χ0) is 14.6. The first-order valence-electron chi connectivity index (χ1n) is 6.73. The SMILES string of the molecule is CNC(=O)COC(=O)C1(c2ccccc2F)CCCC1. The van der Waals surface area contributed by atoms with Crippen molar-refractivity contribution in [1.29, 1.82) is 0 Å². The molecule has 4 nitrogen and oxygen atoms in total. The first kappa shape index (κ1) is 14.5. The van der Waals surface area contributed by atoms with Crippen LogP contribution in [0.2, 0.25) is 0 Å². The van der Waals surface area contributed by atoms with Gasteiger partial charge < -0.3 is 10.1 Å². The Morgan fingerprint density at radius 2 is 1.95 bits per heavy atom. The maximum absolute atomic E-state index is 14.0. The Hall–Kier alpha value is -1.91. The second-order valence-corrected chi connectivity index (χ2v) is 5.02. The number of benzene rings is 1. The molecule has 108 valence electrons. The largest absolute Gasteiger partial charge is 0.455 e. The highest BCUT2D eigenvalue weighted by Crippen LogP contribution is 2.43. The molecule has 0 bridgehead atoms. The first-order chi connectivity index (χ1) is 9.60. The molecule has 1 saturated carbocycles. The lowest BCUT2D eigenvalue weighted by Crippen LogP contribution is -2.37. The molecule has 1 aliphatic rings. The molecule has 0 radical (unpaired) electrons. The minimum atomic E-state index is -0.945. The Morgan fingerprint density at radius 3 is 2.55 bits per heavy atom. The van der Waals surface area contributed by atoms with Gasteiger partial charge in [0.2, 0.25) is 0 Å². The van der Waals surface area contributed by atoms with Crippen LogP contribution in [0, 0.1) is 5.82 Å². The lowest BCUT2D eigenvalue weighted by molar-refractivity contribution is -0.154. The van der Waals surface area contributed by atoms with Crippen molar-refractivity contribution >= 4 is 11.9 Å². The summed E-state index contributed by atoms with van der Waals surface area (Å²) in [5, 5.41) is 2.38. The molecule has 2 rings (SSSR count). The first-order valence-corrected chi connectivity index (χ1v) is 6.73. The molecule has 1 aliphatic carbocycles. The average Bonchev–Trinajstić information content (AvgIpc) is 2.95. The van der Waals surface area contributed by atoms with Crippen molar-refractivity contribution in [2.45, 2.75) is 31.1 Å². The normalized spacial score (nSPS) is 16.7. The van der Waals surface area contributed by atoms with Crippen molar-refractivity contribution in [3.05, 3.63) is 35.6 Å². The summed E-state index contributed by atoms with van der Waals surface area (Å²) in [6, 6.07) is 6.28. The predicted octanol–water partition coefficient (Wildman–Crippen LogP) is 1.93. The number of ether oxygens (including phenoxy) is 1. The fraction of sp³-hybridized carbons (Fsp3) is 0.467. The highest BCUT2D eigenvalue weighted by atomic mass is 19.1. The Kier molecular flexibility index (Phi) is 4.37. The number of hydrogen-bond acceptors (Lipinski definition) is 3. The monoisotopic (exact) mass is 279 g/mol. The number of carbonyl (C=O) groups excluding carboxylic acids is 2. The summed E-state index contributed by atoms with van der Waals surface area (Å²) in [4.78, 5) is 23.5. The van der Waals surface area contributed by atoms with Crippen LogP contribution in [0.3, 0.4) is 0 Å². The summed E-state index contributed by atoms with van der Waals surface area (Å²) in [5.74, 6) is -1.28. The summed E-state index contributed by atoms with van der Waals surface area (Å²) >= 11 is 0. The number of nitrogens with one attached hydrogen (secondary N) is 1. The number of carbonyl (C=O) groups is 2. The maximum Gasteiger partial charge on any atom is 0.317 e. The van der Waals surface area contributed by atoms with Gasteiger partial charge in [0, 0.05) is 12.6 Å². The average molecular weight is 279 g/mol. The van der Waals surface area contributed by atoms with Crippen molar-refractivity contribution in [2.75, 3.05) is 13.7 Å². The topological polar surface area (TPSA) is 55.4 Å². The van der Waals surface area contributed by atoms with Crippen molar-refractivity contribution < 1.29 is 18.7 Å². The number of halogens is 1. The lowest BCUT2D eigenvalue weighted by atomic mass is 9.78. The lowest BCUT2D eigenvalue weighted by Gasteiger charge is -2.27. The van der Waals surface area contributed by atoms with Crippen LogP contribution in [0.4, 0.5) is 4.39 Å². The van der Waals surface area contributed by atoms with Crippen molar-refractivity contribution in [3.8, 4) is 0 Å². The fourth-order valence-electron chi connectivity index (χ4n) is 2.75. The van der Waals surface area contributed by atoms with Crippen LogP contribution >= 0.6 is 0 Å². The van der Waals surface area contributed by atoms with Gasteiger partial charge >= 0.3 is 5.97 Å². The van der Waals surface area contributed by atoms with Gasteiger partial charge in [0.05, 0.1) is 5.41 Å². The standard InChI is InChI=1S/C15H18FNO3/c1-17-13(18)10-20-14(19)15(8-4-5-9-15)11-6-2-3-7-12(11)16/h2-3,6-7H,4-5,8-10H2,1H3,(H,17,18). The van der Waals surface area contributed by atoms with Crippen molar-refractivity contribution in [1.82, 2.24) is 5.32 Å². The number of esters is 1. The Balaban J connectivity index is 2.24. The second-order valence-electron chi connectivity index (χ2n) is 5.02. The van der Waals surface area contributed by atoms with Crippen LogP contribution in [-0.2, 0) is 19.7 Å². The molecule has 0 aromatic heterocycles. The Labute approximate surface area is 117 Å². The van der Waals surface area contributed by atoms with E-state index in [1.807, 2.05) is 0 Å². The van der Waals surface area contributed by atoms with E-state index in [4.69, 9.17) is 4.74 Å². The van der Waals surface area contributed by atoms with Gasteiger partial charge in [0.25, 0.3) is 5.91 Å². The summed E-state index contributed by atoms with van der Waals surface area (Å²) in [6.07, 6.45) is 2.81. The molecule has 5 heteroatoms. The van der Waals surface area contributed by atoms with E-state index in [1.54, 1.807) is 18.2 Å². The summed E-state index contributed by atoms with van der Waals surface area (Å²) in [5.41, 5.74) is -0.571. The van der Waals surface area contributed by atoms with Crippen molar-refractivity contribution in [2.24, 2.45) is 0 Å². The third kappa shape index (κ3) is 2.66. The highest BCUT2D eigenvalue weighted by Gasteiger charge is 2.45. The molecule has 1 N–H and O–H groups in total. The van der Waals surface area contributed by atoms with E-state index >= 15 is 0 Å². The molecule has 1 aromatic rings. The van der Waals surface area contributed by atoms with E-state index < -0.39 is 17.2 Å². The maximum atomic E-state index is 14.0. The van der Waals surface area contributed by atoms with Gasteiger partial charge in [-0.25, -0.2) is 4.39 Å². The van der Waals surface area contributed by atoms with Gasteiger partial charge in [-0.2, -0.15) is 0 Å². The predicted molar refractivity (Wildman–Crippen MR) is 71.6 cm³/mol. The molecule has 1 aromatic carbocycles. The molecule has 0 saturated heterocycles. The van der Waals surface area contributed by atoms with Crippen molar-refractivity contribution in [3.63, 3.8) is 0 Å². The van der Waals surface area contributed by atoms with Crippen LogP contribution in [0.5, 0.6) is 0 Å². The number of amides is 1. The van der Waals surface area contributed by atoms with Gasteiger partial charge in [-0.3, -0.25) is 9.59 Å². The van der Waals surface area contributed by atoms with Gasteiger partial charge in [-0.1, -0.05) is 31.0 Å². The van der Waals surface area contributed by atoms with E-state index in [2.05, 4.69) is 5.32 Å². The highest BCUT2D eigenvalue weighted by molar-refractivity contribution is 5.86. The minimum Gasteiger partial charge on any atom is -0.455 e. The third-order valence-corrected chi connectivity index (χ3v) is 3.85. The molecule has 20 heavy (non-hydrogen) atoms. The number of likely N-dealkylation sites (N-methyl/N-ethyl adjacent to an activating group) is 1. The Bertz CT molecular complexity index is 510. The fourth-order valence-corrected chi connectivity index (χ4v) is 2.75. The molecule has 0 heterocycles. The van der Waals surface area contributed by atoms with Crippen LogP contribution < -0.4 is 5.32 Å². The number of rotatable bonds is 4. The van der Waals surface area contributed by atoms with Crippen LogP contribution in [-0.4, -0.2) is 25.5 Å². The molecule has 1 amide bonds. The van der Waals surface area contributed by atoms with Crippen LogP contribution in [0.15, 0.2) is 24.3 Å². The summed E-state index contributed by atoms with van der Waals surface area (Å²) in [7, 11) is 1.47. The smallest absolute Gasteiger partial charge is 0.317 e. The Morgan fingerprint density at radius 1 is 1.30 bits per heavy atom. The molecular weight excluding hydrogens is 261 g/mol. The van der Waals surface area contributed by atoms with E-state index in [0.717, 1.165) is 12.8 Å². The van der Waals surface area contributed by atoms with E-state index in [0.29, 0.717) is 18.4 Å². The van der Waals surface area contributed by atoms with E-state index in [-0.39, 0.29) is 12.5 Å². The summed E-state index contributed by atoms with van der Waals surface area (Å²) in [6.45, 7) is -0.328. The zero-order valence-electron chi connectivity index (χ0n) is 11.4. The minimum absolute atomic E-state index is 0.328. The second kappa shape index (κ2) is 6.03. The molecule has 0 atom stereocenters. The molecule has 0 spiro atoms. The molecule has 0 aliphatic heterocycles. The van der Waals surface area contributed by atoms with Crippen LogP contribution in [0.1, 0.15) is 31.2 Å². The van der Waals surface area contributed by atoms with Gasteiger partial charge in [0.15, 0.2) is 6.61 Å². The van der Waals surface area contributed by atoms with Crippen LogP contribution in [0.25, 0.3) is 0 Å². The van der Waals surface area contributed by atoms with E-state index in [1.165, 1.54) is 13.1 Å². The summed E-state index contributed by atoms with van der Waals surface area (Å²) < 4.78 is 19.1. The molecule has 1 fully saturated rings. The number of hydrogen-bond donors (Lipinski definition) is 1. The zero-order valence-corrected chi connectivity index (χ0v) is 11.4. The molecule has 0 unspecified atom stereocenters. The third-order valence-electron chi connectivity index (χ3n) is 3.85.